The zero-order valence-electron chi connectivity index (χ0n) is 15.5. The van der Waals surface area contributed by atoms with Crippen molar-refractivity contribution in [3.8, 4) is 0 Å². The van der Waals surface area contributed by atoms with E-state index in [-0.39, 0.29) is 0 Å². The summed E-state index contributed by atoms with van der Waals surface area (Å²) in [5.74, 6) is -5.03. The van der Waals surface area contributed by atoms with Crippen LogP contribution in [0.2, 0.25) is 0 Å². The zero-order chi connectivity index (χ0) is 20.4. The number of esters is 2. The number of aromatic carboxylic acids is 2. The molecule has 0 atom stereocenters. The van der Waals surface area contributed by atoms with Gasteiger partial charge in [0.05, 0.1) is 22.3 Å². The summed E-state index contributed by atoms with van der Waals surface area (Å²) in [5.41, 5.74) is -3.85. The summed E-state index contributed by atoms with van der Waals surface area (Å²) in [7, 11) is 0. The molecule has 26 heavy (non-hydrogen) atoms. The van der Waals surface area contributed by atoms with Crippen molar-refractivity contribution in [3.63, 3.8) is 0 Å². The molecule has 1 aromatic carbocycles. The van der Waals surface area contributed by atoms with E-state index in [1.807, 2.05) is 0 Å². The van der Waals surface area contributed by atoms with Crippen LogP contribution < -0.4 is 0 Å². The van der Waals surface area contributed by atoms with E-state index in [0.29, 0.717) is 0 Å². The maximum Gasteiger partial charge on any atom is 0.339 e. The van der Waals surface area contributed by atoms with Crippen molar-refractivity contribution in [1.29, 1.82) is 0 Å². The SMILES string of the molecule is CC(C)(C)OC(=O)c1cc(C(=O)OC(C)(C)C)c(C(=O)O)cc1C(=O)O. The Morgan fingerprint density at radius 3 is 1.15 bits per heavy atom. The molecule has 1 rings (SSSR count). The second-order valence-corrected chi connectivity index (χ2v) is 7.56. The normalized spacial score (nSPS) is 11.6. The Bertz CT molecular complexity index is 701. The van der Waals surface area contributed by atoms with Crippen LogP contribution in [0.15, 0.2) is 12.1 Å². The first kappa shape index (κ1) is 21.1. The number of hydrogen-bond donors (Lipinski definition) is 2. The molecular weight excluding hydrogens is 344 g/mol. The summed E-state index contributed by atoms with van der Waals surface area (Å²) in [6.45, 7) is 9.53. The zero-order valence-corrected chi connectivity index (χ0v) is 15.5. The van der Waals surface area contributed by atoms with Gasteiger partial charge in [-0.15, -0.1) is 0 Å². The van der Waals surface area contributed by atoms with E-state index < -0.39 is 57.3 Å². The molecule has 0 aliphatic rings. The van der Waals surface area contributed by atoms with Gasteiger partial charge in [-0.05, 0) is 53.7 Å². The lowest BCUT2D eigenvalue weighted by Crippen LogP contribution is -2.28. The minimum absolute atomic E-state index is 0.432. The van der Waals surface area contributed by atoms with E-state index in [1.165, 1.54) is 0 Å². The number of rotatable bonds is 4. The molecule has 0 aliphatic heterocycles. The largest absolute Gasteiger partial charge is 0.478 e. The molecule has 0 saturated carbocycles. The van der Waals surface area contributed by atoms with Crippen LogP contribution in [0.25, 0.3) is 0 Å². The number of benzene rings is 1. The predicted octanol–water partition coefficient (Wildman–Crippen LogP) is 2.99. The molecule has 8 heteroatoms. The number of carboxylic acids is 2. The summed E-state index contributed by atoms with van der Waals surface area (Å²) in [6.07, 6.45) is 0. The Hall–Kier alpha value is -2.90. The molecule has 0 heterocycles. The van der Waals surface area contributed by atoms with E-state index in [9.17, 15) is 29.4 Å². The Morgan fingerprint density at radius 2 is 0.923 bits per heavy atom. The van der Waals surface area contributed by atoms with E-state index >= 15 is 0 Å². The standard InChI is InChI=1S/C18H22O8/c1-17(2,3)25-15(23)11-8-12(16(24)26-18(4,5)6)10(14(21)22)7-9(11)13(19)20/h7-8H,1-6H3,(H,19,20)(H,21,22). The van der Waals surface area contributed by atoms with Gasteiger partial charge in [0, 0.05) is 0 Å². The molecule has 1 aromatic rings. The maximum absolute atomic E-state index is 12.3. The van der Waals surface area contributed by atoms with Crippen molar-refractivity contribution in [2.75, 3.05) is 0 Å². The van der Waals surface area contributed by atoms with Gasteiger partial charge in [0.25, 0.3) is 0 Å². The minimum Gasteiger partial charge on any atom is -0.478 e. The van der Waals surface area contributed by atoms with Gasteiger partial charge >= 0.3 is 23.9 Å². The van der Waals surface area contributed by atoms with Gasteiger partial charge < -0.3 is 19.7 Å². The van der Waals surface area contributed by atoms with Crippen LogP contribution in [-0.2, 0) is 9.47 Å². The van der Waals surface area contributed by atoms with Gasteiger partial charge in [-0.1, -0.05) is 0 Å². The van der Waals surface area contributed by atoms with Crippen molar-refractivity contribution in [3.05, 3.63) is 34.4 Å². The monoisotopic (exact) mass is 366 g/mol. The fourth-order valence-corrected chi connectivity index (χ4v) is 1.96. The predicted molar refractivity (Wildman–Crippen MR) is 90.7 cm³/mol. The van der Waals surface area contributed by atoms with Crippen LogP contribution in [-0.4, -0.2) is 45.3 Å². The molecule has 0 amide bonds. The van der Waals surface area contributed by atoms with Gasteiger partial charge in [-0.25, -0.2) is 19.2 Å². The number of carboxylic acid groups (broad SMARTS) is 2. The molecule has 0 unspecified atom stereocenters. The highest BCUT2D eigenvalue weighted by Gasteiger charge is 2.30. The third-order valence-corrected chi connectivity index (χ3v) is 2.86. The smallest absolute Gasteiger partial charge is 0.339 e. The van der Waals surface area contributed by atoms with Crippen LogP contribution in [0.1, 0.15) is 83.0 Å². The highest BCUT2D eigenvalue weighted by atomic mass is 16.6. The number of carbonyl (C=O) groups excluding carboxylic acids is 2. The molecule has 0 fully saturated rings. The topological polar surface area (TPSA) is 127 Å². The fraction of sp³-hybridized carbons (Fsp3) is 0.444. The van der Waals surface area contributed by atoms with Crippen molar-refractivity contribution in [1.82, 2.24) is 0 Å². The minimum atomic E-state index is -1.52. The molecule has 0 spiro atoms. The third kappa shape index (κ3) is 5.58. The highest BCUT2D eigenvalue weighted by Crippen LogP contribution is 2.23. The van der Waals surface area contributed by atoms with E-state index in [1.54, 1.807) is 41.5 Å². The fourth-order valence-electron chi connectivity index (χ4n) is 1.96. The molecule has 2 N–H and O–H groups in total. The van der Waals surface area contributed by atoms with E-state index in [2.05, 4.69) is 0 Å². The van der Waals surface area contributed by atoms with E-state index in [4.69, 9.17) is 9.47 Å². The quantitative estimate of drug-likeness (QED) is 0.779. The second kappa shape index (κ2) is 7.15. The van der Waals surface area contributed by atoms with Crippen molar-refractivity contribution in [2.45, 2.75) is 52.7 Å². The molecule has 0 aromatic heterocycles. The molecule has 8 nitrogen and oxygen atoms in total. The first-order chi connectivity index (χ1) is 11.6. The van der Waals surface area contributed by atoms with Gasteiger partial charge in [0.15, 0.2) is 0 Å². The number of carbonyl (C=O) groups is 4. The molecule has 0 bridgehead atoms. The van der Waals surface area contributed by atoms with Crippen LogP contribution in [0.4, 0.5) is 0 Å². The number of ether oxygens (including phenoxy) is 2. The Kier molecular flexibility index (Phi) is 5.81. The molecule has 0 radical (unpaired) electrons. The van der Waals surface area contributed by atoms with Crippen molar-refractivity contribution < 1.29 is 38.9 Å². The van der Waals surface area contributed by atoms with Gasteiger partial charge in [0.2, 0.25) is 0 Å². The summed E-state index contributed by atoms with van der Waals surface area (Å²) in [4.78, 5) is 47.6. The van der Waals surface area contributed by atoms with Crippen molar-refractivity contribution >= 4 is 23.9 Å². The van der Waals surface area contributed by atoms with Crippen LogP contribution in [0, 0.1) is 0 Å². The first-order valence-corrected chi connectivity index (χ1v) is 7.73. The molecule has 0 aliphatic carbocycles. The Labute approximate surface area is 150 Å². The molecule has 142 valence electrons. The maximum atomic E-state index is 12.3. The summed E-state index contributed by atoms with van der Waals surface area (Å²) >= 11 is 0. The first-order valence-electron chi connectivity index (χ1n) is 7.73. The van der Waals surface area contributed by atoms with Crippen LogP contribution >= 0.6 is 0 Å². The number of hydrogen-bond acceptors (Lipinski definition) is 6. The Morgan fingerprint density at radius 1 is 0.654 bits per heavy atom. The van der Waals surface area contributed by atoms with Crippen molar-refractivity contribution in [2.24, 2.45) is 0 Å². The van der Waals surface area contributed by atoms with Gasteiger partial charge in [-0.2, -0.15) is 0 Å². The molecule has 0 saturated heterocycles. The summed E-state index contributed by atoms with van der Waals surface area (Å²) in [5, 5.41) is 18.6. The lowest BCUT2D eigenvalue weighted by molar-refractivity contribution is 0.00648. The lowest BCUT2D eigenvalue weighted by Gasteiger charge is -2.22. The Balaban J connectivity index is 3.61. The molecular formula is C18H22O8. The third-order valence-electron chi connectivity index (χ3n) is 2.86. The van der Waals surface area contributed by atoms with Gasteiger partial charge in [0.1, 0.15) is 11.2 Å². The second-order valence-electron chi connectivity index (χ2n) is 7.56. The van der Waals surface area contributed by atoms with E-state index in [0.717, 1.165) is 12.1 Å². The average molecular weight is 366 g/mol. The van der Waals surface area contributed by atoms with Crippen LogP contribution in [0.5, 0.6) is 0 Å². The summed E-state index contributed by atoms with van der Waals surface area (Å²) < 4.78 is 10.3. The van der Waals surface area contributed by atoms with Gasteiger partial charge in [-0.3, -0.25) is 0 Å². The average Bonchev–Trinajstić information content (AvgIpc) is 2.41. The van der Waals surface area contributed by atoms with Crippen LogP contribution in [0.3, 0.4) is 0 Å². The lowest BCUT2D eigenvalue weighted by atomic mass is 9.97. The highest BCUT2D eigenvalue weighted by molar-refractivity contribution is 6.09. The summed E-state index contributed by atoms with van der Waals surface area (Å²) in [6, 6.07) is 1.64.